The van der Waals surface area contributed by atoms with Gasteiger partial charge in [-0.1, -0.05) is 0 Å². The van der Waals surface area contributed by atoms with E-state index in [1.165, 1.54) is 10.7 Å². The zero-order valence-electron chi connectivity index (χ0n) is 13.6. The second-order valence-electron chi connectivity index (χ2n) is 5.79. The number of carbonyl (C=O) groups excluding carboxylic acids is 1. The number of aromatic amines is 1. The van der Waals surface area contributed by atoms with Crippen LogP contribution in [0.3, 0.4) is 0 Å². The smallest absolute Gasteiger partial charge is 0.276 e. The highest BCUT2D eigenvalue weighted by Gasteiger charge is 2.17. The number of fused-ring (bicyclic) bond motifs is 1. The molecule has 0 aliphatic rings. The monoisotopic (exact) mass is 353 g/mol. The molecule has 0 saturated heterocycles. The Balaban J connectivity index is 1.63. The number of aryl methyl sites for hydroxylation is 1. The van der Waals surface area contributed by atoms with Crippen molar-refractivity contribution in [2.24, 2.45) is 7.05 Å². The van der Waals surface area contributed by atoms with Crippen LogP contribution in [0.1, 0.15) is 10.5 Å². The Bertz CT molecular complexity index is 1130. The molecule has 26 heavy (non-hydrogen) atoms. The summed E-state index contributed by atoms with van der Waals surface area (Å²) in [5.74, 6) is -1.62. The summed E-state index contributed by atoms with van der Waals surface area (Å²) in [5, 5.41) is 14.5. The molecule has 0 fully saturated rings. The van der Waals surface area contributed by atoms with Gasteiger partial charge in [0.1, 0.15) is 11.6 Å². The van der Waals surface area contributed by atoms with E-state index < -0.39 is 17.5 Å². The zero-order valence-corrected chi connectivity index (χ0v) is 13.6. The van der Waals surface area contributed by atoms with E-state index in [0.29, 0.717) is 11.4 Å². The van der Waals surface area contributed by atoms with E-state index in [4.69, 9.17) is 0 Å². The van der Waals surface area contributed by atoms with Crippen molar-refractivity contribution in [1.82, 2.24) is 20.0 Å². The van der Waals surface area contributed by atoms with Crippen LogP contribution in [0.4, 0.5) is 14.5 Å². The standard InChI is InChI=1S/C18H13F2N5O/c1-25-17(13-6-11(19)3-5-14(13)20)8-16(24-25)18(26)22-12-4-2-10-9-21-23-15(10)7-12/h2-9H,1H3,(H,21,23)(H,22,26). The molecule has 130 valence electrons. The predicted molar refractivity (Wildman–Crippen MR) is 92.6 cm³/mol. The summed E-state index contributed by atoms with van der Waals surface area (Å²) >= 11 is 0. The topological polar surface area (TPSA) is 75.6 Å². The molecule has 0 bridgehead atoms. The third-order valence-electron chi connectivity index (χ3n) is 4.02. The van der Waals surface area contributed by atoms with Crippen LogP contribution in [-0.4, -0.2) is 25.9 Å². The summed E-state index contributed by atoms with van der Waals surface area (Å²) in [4.78, 5) is 12.5. The molecule has 2 aromatic heterocycles. The number of amides is 1. The highest BCUT2D eigenvalue weighted by Crippen LogP contribution is 2.25. The van der Waals surface area contributed by atoms with Crippen molar-refractivity contribution in [3.8, 4) is 11.3 Å². The second kappa shape index (κ2) is 6.07. The van der Waals surface area contributed by atoms with E-state index in [1.54, 1.807) is 25.4 Å². The third kappa shape index (κ3) is 2.81. The van der Waals surface area contributed by atoms with Crippen LogP contribution < -0.4 is 5.32 Å². The molecular weight excluding hydrogens is 340 g/mol. The molecule has 0 aliphatic heterocycles. The van der Waals surface area contributed by atoms with Crippen LogP contribution in [0.2, 0.25) is 0 Å². The number of carbonyl (C=O) groups is 1. The normalized spacial score (nSPS) is 11.0. The largest absolute Gasteiger partial charge is 0.321 e. The summed E-state index contributed by atoms with van der Waals surface area (Å²) in [6.45, 7) is 0. The van der Waals surface area contributed by atoms with Gasteiger partial charge >= 0.3 is 0 Å². The molecule has 8 heteroatoms. The number of nitrogens with zero attached hydrogens (tertiary/aromatic N) is 3. The van der Waals surface area contributed by atoms with Gasteiger partial charge in [0.25, 0.3) is 5.91 Å². The van der Waals surface area contributed by atoms with Crippen molar-refractivity contribution in [3.05, 3.63) is 66.0 Å². The van der Waals surface area contributed by atoms with Gasteiger partial charge < -0.3 is 5.32 Å². The van der Waals surface area contributed by atoms with E-state index in [2.05, 4.69) is 20.6 Å². The molecule has 4 rings (SSSR count). The van der Waals surface area contributed by atoms with Crippen LogP contribution in [0.5, 0.6) is 0 Å². The van der Waals surface area contributed by atoms with Crippen LogP contribution >= 0.6 is 0 Å². The Labute approximate surface area is 146 Å². The van der Waals surface area contributed by atoms with Gasteiger partial charge in [0.2, 0.25) is 0 Å². The molecule has 4 aromatic rings. The molecule has 2 heterocycles. The van der Waals surface area contributed by atoms with Crippen molar-refractivity contribution < 1.29 is 13.6 Å². The number of rotatable bonds is 3. The minimum absolute atomic E-state index is 0.0397. The molecule has 0 aliphatic carbocycles. The van der Waals surface area contributed by atoms with Crippen LogP contribution in [0.25, 0.3) is 22.2 Å². The lowest BCUT2D eigenvalue weighted by Crippen LogP contribution is -2.12. The Hall–Kier alpha value is -3.55. The summed E-state index contributed by atoms with van der Waals surface area (Å²) in [6, 6.07) is 9.87. The molecule has 1 amide bonds. The summed E-state index contributed by atoms with van der Waals surface area (Å²) in [6.07, 6.45) is 1.68. The summed E-state index contributed by atoms with van der Waals surface area (Å²) in [5.41, 5.74) is 1.78. The molecule has 6 nitrogen and oxygen atoms in total. The van der Waals surface area contributed by atoms with Gasteiger partial charge in [0, 0.05) is 23.7 Å². The van der Waals surface area contributed by atoms with Gasteiger partial charge in [0.05, 0.1) is 17.4 Å². The van der Waals surface area contributed by atoms with Gasteiger partial charge in [-0.3, -0.25) is 14.6 Å². The van der Waals surface area contributed by atoms with Gasteiger partial charge in [0.15, 0.2) is 5.69 Å². The molecule has 0 radical (unpaired) electrons. The van der Waals surface area contributed by atoms with Crippen molar-refractivity contribution in [2.75, 3.05) is 5.32 Å². The Kier molecular flexibility index (Phi) is 3.72. The number of H-pyrrole nitrogens is 1. The average Bonchev–Trinajstić information content (AvgIpc) is 3.23. The first-order valence-electron chi connectivity index (χ1n) is 7.75. The molecule has 0 spiro atoms. The minimum Gasteiger partial charge on any atom is -0.321 e. The van der Waals surface area contributed by atoms with E-state index >= 15 is 0 Å². The van der Waals surface area contributed by atoms with Crippen LogP contribution in [0, 0.1) is 11.6 Å². The fourth-order valence-electron chi connectivity index (χ4n) is 2.73. The van der Waals surface area contributed by atoms with Crippen molar-refractivity contribution >= 4 is 22.5 Å². The Morgan fingerprint density at radius 1 is 1.15 bits per heavy atom. The van der Waals surface area contributed by atoms with Crippen molar-refractivity contribution in [1.29, 1.82) is 0 Å². The van der Waals surface area contributed by atoms with E-state index in [9.17, 15) is 13.6 Å². The molecule has 2 N–H and O–H groups in total. The number of aromatic nitrogens is 4. The molecule has 0 atom stereocenters. The molecule has 0 unspecified atom stereocenters. The highest BCUT2D eigenvalue weighted by molar-refractivity contribution is 6.04. The Morgan fingerprint density at radius 2 is 2.00 bits per heavy atom. The molecule has 0 saturated carbocycles. The second-order valence-corrected chi connectivity index (χ2v) is 5.79. The predicted octanol–water partition coefficient (Wildman–Crippen LogP) is 3.49. The zero-order chi connectivity index (χ0) is 18.3. The van der Waals surface area contributed by atoms with Crippen LogP contribution in [0.15, 0.2) is 48.7 Å². The first kappa shape index (κ1) is 15.9. The van der Waals surface area contributed by atoms with Gasteiger partial charge in [-0.2, -0.15) is 10.2 Å². The van der Waals surface area contributed by atoms with Crippen LogP contribution in [-0.2, 0) is 7.05 Å². The number of hydrogen-bond acceptors (Lipinski definition) is 3. The van der Waals surface area contributed by atoms with Gasteiger partial charge in [-0.25, -0.2) is 8.78 Å². The number of halogens is 2. The number of benzene rings is 2. The lowest BCUT2D eigenvalue weighted by atomic mass is 10.1. The quantitative estimate of drug-likeness (QED) is 0.592. The van der Waals surface area contributed by atoms with Gasteiger partial charge in [-0.15, -0.1) is 0 Å². The summed E-state index contributed by atoms with van der Waals surface area (Å²) in [7, 11) is 1.56. The third-order valence-corrected chi connectivity index (χ3v) is 4.02. The number of anilines is 1. The Morgan fingerprint density at radius 3 is 2.85 bits per heavy atom. The molecule has 2 aromatic carbocycles. The fraction of sp³-hybridized carbons (Fsp3) is 0.0556. The van der Waals surface area contributed by atoms with Crippen molar-refractivity contribution in [3.63, 3.8) is 0 Å². The average molecular weight is 353 g/mol. The highest BCUT2D eigenvalue weighted by atomic mass is 19.1. The number of nitrogens with one attached hydrogen (secondary N) is 2. The van der Waals surface area contributed by atoms with Gasteiger partial charge in [-0.05, 0) is 42.5 Å². The first-order chi connectivity index (χ1) is 12.5. The van der Waals surface area contributed by atoms with E-state index in [-0.39, 0.29) is 11.3 Å². The molecular formula is C18H13F2N5O. The maximum absolute atomic E-state index is 14.0. The maximum Gasteiger partial charge on any atom is 0.276 e. The lowest BCUT2D eigenvalue weighted by Gasteiger charge is -2.03. The van der Waals surface area contributed by atoms with Crippen molar-refractivity contribution in [2.45, 2.75) is 0 Å². The first-order valence-corrected chi connectivity index (χ1v) is 7.75. The van der Waals surface area contributed by atoms with E-state index in [1.807, 2.05) is 6.07 Å². The summed E-state index contributed by atoms with van der Waals surface area (Å²) < 4.78 is 28.8. The maximum atomic E-state index is 14.0. The van der Waals surface area contributed by atoms with E-state index in [0.717, 1.165) is 29.1 Å². The SMILES string of the molecule is Cn1nc(C(=O)Nc2ccc3cn[nH]c3c2)cc1-c1cc(F)ccc1F. The fourth-order valence-corrected chi connectivity index (χ4v) is 2.73. The lowest BCUT2D eigenvalue weighted by molar-refractivity contribution is 0.102. The minimum atomic E-state index is -0.592. The number of hydrogen-bond donors (Lipinski definition) is 2.